The molecule has 1 atom stereocenters. The molecule has 1 fully saturated rings. The van der Waals surface area contributed by atoms with Crippen LogP contribution in [0.25, 0.3) is 0 Å². The molecule has 0 saturated heterocycles. The van der Waals surface area contributed by atoms with Crippen molar-refractivity contribution in [3.05, 3.63) is 24.2 Å². The molecule has 1 aliphatic carbocycles. The average molecular weight is 283 g/mol. The van der Waals surface area contributed by atoms with Gasteiger partial charge in [-0.15, -0.1) is 11.8 Å². The molecule has 5 heteroatoms. The van der Waals surface area contributed by atoms with Crippen LogP contribution in [0.1, 0.15) is 38.4 Å². The molecule has 4 nitrogen and oxygen atoms in total. The van der Waals surface area contributed by atoms with Gasteiger partial charge in [0.2, 0.25) is 5.91 Å². The van der Waals surface area contributed by atoms with Crippen LogP contribution in [-0.4, -0.2) is 28.6 Å². The Bertz CT molecular complexity index is 397. The van der Waals surface area contributed by atoms with Crippen LogP contribution in [0.5, 0.6) is 0 Å². The van der Waals surface area contributed by atoms with Gasteiger partial charge in [0.15, 0.2) is 0 Å². The fourth-order valence-electron chi connectivity index (χ4n) is 2.24. The normalized spacial score (nSPS) is 19.3. The van der Waals surface area contributed by atoms with Crippen LogP contribution in [0, 0.1) is 0 Å². The average Bonchev–Trinajstić information content (AvgIpc) is 3.06. The van der Waals surface area contributed by atoms with Crippen LogP contribution in [0.4, 0.5) is 0 Å². The van der Waals surface area contributed by atoms with Crippen LogP contribution in [0.3, 0.4) is 0 Å². The van der Waals surface area contributed by atoms with E-state index in [1.807, 2.05) is 0 Å². The van der Waals surface area contributed by atoms with Gasteiger partial charge in [0, 0.05) is 5.25 Å². The monoisotopic (exact) mass is 283 g/mol. The molecule has 106 valence electrons. The molecule has 0 aromatic carbocycles. The molecule has 0 aliphatic heterocycles. The first-order chi connectivity index (χ1) is 9.08. The third kappa shape index (κ3) is 4.28. The highest BCUT2D eigenvalue weighted by Crippen LogP contribution is 2.29. The summed E-state index contributed by atoms with van der Waals surface area (Å²) in [5.74, 6) is 0.916. The van der Waals surface area contributed by atoms with E-state index in [1.165, 1.54) is 31.9 Å². The van der Waals surface area contributed by atoms with Gasteiger partial charge in [-0.1, -0.05) is 12.8 Å². The molecule has 0 radical (unpaired) electrons. The molecule has 1 unspecified atom stereocenters. The predicted molar refractivity (Wildman–Crippen MR) is 76.0 cm³/mol. The largest absolute Gasteiger partial charge is 0.466 e. The van der Waals surface area contributed by atoms with Gasteiger partial charge in [-0.25, -0.2) is 0 Å². The van der Waals surface area contributed by atoms with Crippen molar-refractivity contribution in [2.75, 3.05) is 12.3 Å². The summed E-state index contributed by atoms with van der Waals surface area (Å²) in [6.45, 7) is 1.81. The number of rotatable bonds is 6. The predicted octanol–water partition coefficient (Wildman–Crippen LogP) is 2.28. The second kappa shape index (κ2) is 6.48. The number of carbonyl (C=O) groups excluding carboxylic acids is 1. The van der Waals surface area contributed by atoms with Crippen molar-refractivity contribution in [1.29, 1.82) is 0 Å². The van der Waals surface area contributed by atoms with Gasteiger partial charge in [0.25, 0.3) is 0 Å². The first-order valence-electron chi connectivity index (χ1n) is 6.72. The van der Waals surface area contributed by atoms with Gasteiger partial charge in [-0.05, 0) is 31.9 Å². The summed E-state index contributed by atoms with van der Waals surface area (Å²) in [4.78, 5) is 11.7. The Labute approximate surface area is 117 Å². The summed E-state index contributed by atoms with van der Waals surface area (Å²) < 4.78 is 5.17. The second-order valence-electron chi connectivity index (χ2n) is 5.25. The van der Waals surface area contributed by atoms with Crippen molar-refractivity contribution < 1.29 is 14.3 Å². The molecule has 19 heavy (non-hydrogen) atoms. The summed E-state index contributed by atoms with van der Waals surface area (Å²) in [6.07, 6.45) is 6.53. The number of nitrogens with one attached hydrogen (secondary N) is 1. The number of carbonyl (C=O) groups is 1. The van der Waals surface area contributed by atoms with Crippen molar-refractivity contribution in [2.24, 2.45) is 0 Å². The van der Waals surface area contributed by atoms with Gasteiger partial charge in [-0.2, -0.15) is 0 Å². The zero-order valence-electron chi connectivity index (χ0n) is 11.2. The molecule has 0 spiro atoms. The SMILES string of the molecule is CC(O)(CNC(=O)CSC1CCCC1)c1ccco1. The zero-order chi connectivity index (χ0) is 13.7. The number of furan rings is 1. The molecule has 1 heterocycles. The first-order valence-corrected chi connectivity index (χ1v) is 7.77. The maximum atomic E-state index is 11.7. The lowest BCUT2D eigenvalue weighted by Gasteiger charge is -2.21. The highest BCUT2D eigenvalue weighted by Gasteiger charge is 2.27. The molecule has 1 aromatic heterocycles. The molecule has 1 amide bonds. The molecule has 2 N–H and O–H groups in total. The Morgan fingerprint density at radius 3 is 2.95 bits per heavy atom. The van der Waals surface area contributed by atoms with Gasteiger partial charge >= 0.3 is 0 Å². The van der Waals surface area contributed by atoms with E-state index in [1.54, 1.807) is 30.8 Å². The topological polar surface area (TPSA) is 62.5 Å². The highest BCUT2D eigenvalue weighted by atomic mass is 32.2. The molecule has 1 saturated carbocycles. The number of aliphatic hydroxyl groups is 1. The maximum Gasteiger partial charge on any atom is 0.230 e. The fourth-order valence-corrected chi connectivity index (χ4v) is 3.40. The highest BCUT2D eigenvalue weighted by molar-refractivity contribution is 8.00. The Morgan fingerprint density at radius 2 is 2.32 bits per heavy atom. The summed E-state index contributed by atoms with van der Waals surface area (Å²) in [5.41, 5.74) is -1.16. The second-order valence-corrected chi connectivity index (χ2v) is 6.53. The molecule has 2 rings (SSSR count). The lowest BCUT2D eigenvalue weighted by molar-refractivity contribution is -0.119. The van der Waals surface area contributed by atoms with Crippen molar-refractivity contribution in [3.63, 3.8) is 0 Å². The van der Waals surface area contributed by atoms with Crippen molar-refractivity contribution >= 4 is 17.7 Å². The third-order valence-corrected chi connectivity index (χ3v) is 4.81. The van der Waals surface area contributed by atoms with Crippen LogP contribution < -0.4 is 5.32 Å². The summed E-state index contributed by atoms with van der Waals surface area (Å²) in [7, 11) is 0. The van der Waals surface area contributed by atoms with E-state index in [2.05, 4.69) is 5.32 Å². The van der Waals surface area contributed by atoms with E-state index >= 15 is 0 Å². The van der Waals surface area contributed by atoms with E-state index in [4.69, 9.17) is 4.42 Å². The fraction of sp³-hybridized carbons (Fsp3) is 0.643. The molecule has 0 bridgehead atoms. The number of amides is 1. The lowest BCUT2D eigenvalue weighted by Crippen LogP contribution is -2.39. The van der Waals surface area contributed by atoms with E-state index in [0.717, 1.165) is 0 Å². The summed E-state index contributed by atoms with van der Waals surface area (Å²) in [5, 5.41) is 13.6. The molecule has 1 aliphatic rings. The van der Waals surface area contributed by atoms with Crippen LogP contribution >= 0.6 is 11.8 Å². The number of thioether (sulfide) groups is 1. The minimum Gasteiger partial charge on any atom is -0.466 e. The summed E-state index contributed by atoms with van der Waals surface area (Å²) in [6, 6.07) is 3.43. The van der Waals surface area contributed by atoms with Crippen LogP contribution in [0.15, 0.2) is 22.8 Å². The van der Waals surface area contributed by atoms with E-state index in [-0.39, 0.29) is 12.5 Å². The first kappa shape index (κ1) is 14.5. The minimum absolute atomic E-state index is 0.0243. The van der Waals surface area contributed by atoms with Gasteiger partial charge in [0.1, 0.15) is 11.4 Å². The standard InChI is InChI=1S/C14H21NO3S/c1-14(17,12-7-4-8-18-12)10-15-13(16)9-19-11-5-2-3-6-11/h4,7-8,11,17H,2-3,5-6,9-10H2,1H3,(H,15,16). The van der Waals surface area contributed by atoms with Crippen molar-refractivity contribution in [1.82, 2.24) is 5.32 Å². The molecule has 1 aromatic rings. The van der Waals surface area contributed by atoms with Crippen molar-refractivity contribution in [3.8, 4) is 0 Å². The Morgan fingerprint density at radius 1 is 1.58 bits per heavy atom. The zero-order valence-corrected chi connectivity index (χ0v) is 12.0. The molecular formula is C14H21NO3S. The van der Waals surface area contributed by atoms with Gasteiger partial charge in [0.05, 0.1) is 18.6 Å². The Hall–Kier alpha value is -0.940. The van der Waals surface area contributed by atoms with Crippen LogP contribution in [-0.2, 0) is 10.4 Å². The van der Waals surface area contributed by atoms with E-state index < -0.39 is 5.60 Å². The van der Waals surface area contributed by atoms with E-state index in [9.17, 15) is 9.90 Å². The third-order valence-electron chi connectivity index (χ3n) is 3.43. The Balaban J connectivity index is 1.70. The van der Waals surface area contributed by atoms with Crippen molar-refractivity contribution in [2.45, 2.75) is 43.5 Å². The number of hydrogen-bond acceptors (Lipinski definition) is 4. The number of hydrogen-bond donors (Lipinski definition) is 2. The van der Waals surface area contributed by atoms with E-state index in [0.29, 0.717) is 16.8 Å². The lowest BCUT2D eigenvalue weighted by atomic mass is 10.0. The minimum atomic E-state index is -1.16. The van der Waals surface area contributed by atoms with Crippen LogP contribution in [0.2, 0.25) is 0 Å². The quantitative estimate of drug-likeness (QED) is 0.841. The van der Waals surface area contributed by atoms with Gasteiger partial charge < -0.3 is 14.8 Å². The molecular weight excluding hydrogens is 262 g/mol. The smallest absolute Gasteiger partial charge is 0.230 e. The van der Waals surface area contributed by atoms with Gasteiger partial charge in [-0.3, -0.25) is 4.79 Å². The maximum absolute atomic E-state index is 11.7. The summed E-state index contributed by atoms with van der Waals surface area (Å²) >= 11 is 1.72. The Kier molecular flexibility index (Phi) is 4.93.